The van der Waals surface area contributed by atoms with Gasteiger partial charge in [-0.3, -0.25) is 0 Å². The number of hydrogen-bond acceptors (Lipinski definition) is 0. The normalized spacial score (nSPS) is 11.5. The van der Waals surface area contributed by atoms with Crippen LogP contribution in [0, 0.1) is 6.92 Å². The summed E-state index contributed by atoms with van der Waals surface area (Å²) in [5, 5.41) is 5.54. The molecule has 0 heteroatoms. The van der Waals surface area contributed by atoms with E-state index in [1.807, 2.05) is 0 Å². The fourth-order valence-electron chi connectivity index (χ4n) is 5.04. The molecule has 0 aliphatic rings. The molecule has 0 bridgehead atoms. The van der Waals surface area contributed by atoms with Crippen LogP contribution in [-0.2, 0) is 6.42 Å². The lowest BCUT2D eigenvalue weighted by molar-refractivity contribution is 0.531. The maximum atomic E-state index is 3.92. The minimum atomic E-state index is 1.11. The molecule has 0 aliphatic carbocycles. The summed E-state index contributed by atoms with van der Waals surface area (Å²) in [6, 6.07) is 20.3. The Morgan fingerprint density at radius 3 is 1.47 bits per heavy atom. The average Bonchev–Trinajstić information content (AvgIpc) is 2.82. The Labute approximate surface area is 197 Å². The van der Waals surface area contributed by atoms with Gasteiger partial charge in [0.2, 0.25) is 0 Å². The molecule has 3 rings (SSSR count). The number of benzene rings is 3. The maximum absolute atomic E-state index is 3.92. The highest BCUT2D eigenvalue weighted by Crippen LogP contribution is 2.26. The van der Waals surface area contributed by atoms with E-state index in [-0.39, 0.29) is 0 Å². The third-order valence-corrected chi connectivity index (χ3v) is 7.03. The van der Waals surface area contributed by atoms with Crippen molar-refractivity contribution in [2.24, 2.45) is 0 Å². The lowest BCUT2D eigenvalue weighted by atomic mass is 9.96. The molecule has 0 aliphatic heterocycles. The van der Waals surface area contributed by atoms with Crippen LogP contribution in [0.25, 0.3) is 21.5 Å². The van der Waals surface area contributed by atoms with Gasteiger partial charge in [0, 0.05) is 0 Å². The third-order valence-electron chi connectivity index (χ3n) is 7.03. The van der Waals surface area contributed by atoms with Crippen molar-refractivity contribution >= 4 is 21.5 Å². The van der Waals surface area contributed by atoms with Crippen LogP contribution in [-0.4, -0.2) is 0 Å². The van der Waals surface area contributed by atoms with E-state index in [2.05, 4.69) is 61.5 Å². The second kappa shape index (κ2) is 15.1. The van der Waals surface area contributed by atoms with Gasteiger partial charge >= 0.3 is 0 Å². The Morgan fingerprint density at radius 1 is 0.438 bits per heavy atom. The Balaban J connectivity index is 1.22. The van der Waals surface area contributed by atoms with Gasteiger partial charge in [-0.05, 0) is 52.1 Å². The van der Waals surface area contributed by atoms with Crippen molar-refractivity contribution in [1.29, 1.82) is 0 Å². The van der Waals surface area contributed by atoms with Crippen LogP contribution in [0.2, 0.25) is 0 Å². The highest BCUT2D eigenvalue weighted by molar-refractivity contribution is 5.99. The van der Waals surface area contributed by atoms with Gasteiger partial charge < -0.3 is 0 Å². The highest BCUT2D eigenvalue weighted by Gasteiger charge is 2.03. The Bertz CT molecular complexity index is 891. The Kier molecular flexibility index (Phi) is 11.7. The summed E-state index contributed by atoms with van der Waals surface area (Å²) in [5.41, 5.74) is 1.52. The first-order valence-corrected chi connectivity index (χ1v) is 13.6. The Hall–Kier alpha value is -1.82. The van der Waals surface area contributed by atoms with Crippen molar-refractivity contribution in [3.63, 3.8) is 0 Å². The third kappa shape index (κ3) is 8.61. The monoisotopic (exact) mass is 429 g/mol. The number of rotatable bonds is 17. The zero-order valence-electron chi connectivity index (χ0n) is 20.4. The first-order chi connectivity index (χ1) is 15.9. The van der Waals surface area contributed by atoms with E-state index >= 15 is 0 Å². The SMILES string of the molecule is [CH2]CCCCCCCCCCCCCCCCCc1cccc2cc3ccccc3cc12. The Morgan fingerprint density at radius 2 is 0.906 bits per heavy atom. The van der Waals surface area contributed by atoms with E-state index < -0.39 is 0 Å². The van der Waals surface area contributed by atoms with Crippen molar-refractivity contribution in [3.05, 3.63) is 67.1 Å². The molecule has 0 atom stereocenters. The van der Waals surface area contributed by atoms with Crippen molar-refractivity contribution in [1.82, 2.24) is 0 Å². The van der Waals surface area contributed by atoms with Crippen LogP contribution in [0.4, 0.5) is 0 Å². The summed E-state index contributed by atoms with van der Waals surface area (Å²) in [6.45, 7) is 3.92. The summed E-state index contributed by atoms with van der Waals surface area (Å²) in [6.07, 6.45) is 23.6. The molecule has 3 aromatic rings. The highest BCUT2D eigenvalue weighted by atomic mass is 14.1. The molecule has 0 fully saturated rings. The molecule has 32 heavy (non-hydrogen) atoms. The number of hydrogen-bond donors (Lipinski definition) is 0. The number of fused-ring (bicyclic) bond motifs is 2. The molecule has 0 heterocycles. The van der Waals surface area contributed by atoms with E-state index in [4.69, 9.17) is 0 Å². The second-order valence-corrected chi connectivity index (χ2v) is 9.74. The molecule has 0 saturated heterocycles. The summed E-state index contributed by atoms with van der Waals surface area (Å²) in [7, 11) is 0. The van der Waals surface area contributed by atoms with E-state index in [9.17, 15) is 0 Å². The average molecular weight is 430 g/mol. The molecule has 1 radical (unpaired) electrons. The molecule has 173 valence electrons. The van der Waals surface area contributed by atoms with Crippen LogP contribution in [0.1, 0.15) is 108 Å². The number of unbranched alkanes of at least 4 members (excludes halogenated alkanes) is 15. The van der Waals surface area contributed by atoms with Gasteiger partial charge in [-0.25, -0.2) is 0 Å². The van der Waals surface area contributed by atoms with Gasteiger partial charge in [-0.15, -0.1) is 0 Å². The van der Waals surface area contributed by atoms with Gasteiger partial charge in [-0.1, -0.05) is 146 Å². The molecule has 0 unspecified atom stereocenters. The van der Waals surface area contributed by atoms with Crippen LogP contribution in [0.5, 0.6) is 0 Å². The lowest BCUT2D eigenvalue weighted by Gasteiger charge is -2.09. The van der Waals surface area contributed by atoms with E-state index in [0.29, 0.717) is 0 Å². The molecule has 0 nitrogen and oxygen atoms in total. The van der Waals surface area contributed by atoms with Crippen LogP contribution < -0.4 is 0 Å². The van der Waals surface area contributed by atoms with Crippen molar-refractivity contribution in [2.75, 3.05) is 0 Å². The topological polar surface area (TPSA) is 0 Å². The minimum absolute atomic E-state index is 1.11. The number of aryl methyl sites for hydroxylation is 1. The largest absolute Gasteiger partial charge is 0.0616 e. The molecular weight excluding hydrogens is 384 g/mol. The molecule has 0 saturated carbocycles. The van der Waals surface area contributed by atoms with E-state index in [0.717, 1.165) is 6.42 Å². The molecular formula is C32H45. The van der Waals surface area contributed by atoms with Crippen molar-refractivity contribution in [2.45, 2.75) is 109 Å². The van der Waals surface area contributed by atoms with Gasteiger partial charge in [-0.2, -0.15) is 0 Å². The minimum Gasteiger partial charge on any atom is -0.0616 e. The predicted molar refractivity (Wildman–Crippen MR) is 144 cm³/mol. The quantitative estimate of drug-likeness (QED) is 0.148. The summed E-state index contributed by atoms with van der Waals surface area (Å²) < 4.78 is 0. The molecule has 3 aromatic carbocycles. The first kappa shape index (κ1) is 24.8. The van der Waals surface area contributed by atoms with E-state index in [1.165, 1.54) is 130 Å². The first-order valence-electron chi connectivity index (χ1n) is 13.6. The van der Waals surface area contributed by atoms with Crippen LogP contribution >= 0.6 is 0 Å². The van der Waals surface area contributed by atoms with Crippen LogP contribution in [0.3, 0.4) is 0 Å². The van der Waals surface area contributed by atoms with Gasteiger partial charge in [0.1, 0.15) is 0 Å². The van der Waals surface area contributed by atoms with Crippen molar-refractivity contribution < 1.29 is 0 Å². The fourth-order valence-corrected chi connectivity index (χ4v) is 5.04. The molecule has 0 N–H and O–H groups in total. The van der Waals surface area contributed by atoms with Gasteiger partial charge in [0.25, 0.3) is 0 Å². The fraction of sp³-hybridized carbons (Fsp3) is 0.531. The van der Waals surface area contributed by atoms with Gasteiger partial charge in [0.15, 0.2) is 0 Å². The van der Waals surface area contributed by atoms with Crippen molar-refractivity contribution in [3.8, 4) is 0 Å². The van der Waals surface area contributed by atoms with E-state index in [1.54, 1.807) is 0 Å². The zero-order valence-corrected chi connectivity index (χ0v) is 20.4. The summed E-state index contributed by atoms with van der Waals surface area (Å²) >= 11 is 0. The molecule has 0 amide bonds. The molecule has 0 aromatic heterocycles. The lowest BCUT2D eigenvalue weighted by Crippen LogP contribution is -1.89. The molecule has 0 spiro atoms. The maximum Gasteiger partial charge on any atom is -0.0146 e. The van der Waals surface area contributed by atoms with Gasteiger partial charge in [0.05, 0.1) is 0 Å². The summed E-state index contributed by atoms with van der Waals surface area (Å²) in [5.74, 6) is 0. The van der Waals surface area contributed by atoms with Crippen LogP contribution in [0.15, 0.2) is 54.6 Å². The predicted octanol–water partition coefficient (Wildman–Crippen LogP) is 10.6. The second-order valence-electron chi connectivity index (χ2n) is 9.74. The zero-order chi connectivity index (χ0) is 22.3. The standard InChI is InChI=1S/C32H45/c1-2-3-4-5-6-7-8-9-10-11-12-13-14-15-16-17-21-28-24-20-25-31-26-29-22-18-19-23-30(29)27-32(28)31/h18-20,22-27H,1-17,21H2. The smallest absolute Gasteiger partial charge is 0.0146 e. The summed E-state index contributed by atoms with van der Waals surface area (Å²) in [4.78, 5) is 0.